The zero-order chi connectivity index (χ0) is 26.4. The Labute approximate surface area is 231 Å². The largest absolute Gasteiger partial charge is 0.494 e. The molecule has 0 saturated heterocycles. The van der Waals surface area contributed by atoms with Gasteiger partial charge in [0, 0.05) is 11.1 Å². The summed E-state index contributed by atoms with van der Waals surface area (Å²) in [6, 6.07) is 36.9. The third-order valence-electron chi connectivity index (χ3n) is 7.62. The molecule has 1 heteroatoms. The first-order valence-electron chi connectivity index (χ1n) is 14.3. The molecule has 0 amide bonds. The van der Waals surface area contributed by atoms with E-state index in [-0.39, 0.29) is 0 Å². The first-order valence-corrected chi connectivity index (χ1v) is 14.3. The third kappa shape index (κ3) is 5.76. The Morgan fingerprint density at radius 1 is 0.513 bits per heavy atom. The summed E-state index contributed by atoms with van der Waals surface area (Å²) in [7, 11) is 0. The molecule has 0 atom stereocenters. The molecule has 0 radical (unpaired) electrons. The zero-order valence-electron chi connectivity index (χ0n) is 22.7. The fraction of sp³-hybridized carbons (Fsp3) is 0.211. The molecule has 0 unspecified atom stereocenters. The molecule has 39 heavy (non-hydrogen) atoms. The predicted molar refractivity (Wildman–Crippen MR) is 168 cm³/mol. The van der Waals surface area contributed by atoms with Crippen molar-refractivity contribution >= 4 is 43.1 Å². The highest BCUT2D eigenvalue weighted by Crippen LogP contribution is 2.31. The van der Waals surface area contributed by atoms with E-state index < -0.39 is 0 Å². The van der Waals surface area contributed by atoms with Gasteiger partial charge in [0.05, 0.1) is 6.61 Å². The summed E-state index contributed by atoms with van der Waals surface area (Å²) in [5.41, 5.74) is 2.05. The number of unbranched alkanes of at least 4 members (excludes halogenated alkanes) is 5. The van der Waals surface area contributed by atoms with Crippen molar-refractivity contribution in [3.05, 3.63) is 114 Å². The van der Waals surface area contributed by atoms with E-state index in [4.69, 9.17) is 4.74 Å². The van der Waals surface area contributed by atoms with E-state index in [0.29, 0.717) is 0 Å². The topological polar surface area (TPSA) is 9.23 Å². The number of hydrogen-bond donors (Lipinski definition) is 0. The van der Waals surface area contributed by atoms with E-state index in [9.17, 15) is 0 Å². The summed E-state index contributed by atoms with van der Waals surface area (Å²) in [5.74, 6) is 7.73. The highest BCUT2D eigenvalue weighted by Gasteiger charge is 2.05. The summed E-state index contributed by atoms with van der Waals surface area (Å²) in [6.45, 7) is 3.04. The molecule has 0 saturated carbocycles. The first-order chi connectivity index (χ1) is 19.3. The fourth-order valence-corrected chi connectivity index (χ4v) is 5.43. The molecule has 6 aromatic carbocycles. The maximum atomic E-state index is 5.93. The van der Waals surface area contributed by atoms with Crippen molar-refractivity contribution in [1.29, 1.82) is 0 Å². The maximum absolute atomic E-state index is 5.93. The van der Waals surface area contributed by atoms with Gasteiger partial charge in [-0.2, -0.15) is 0 Å². The van der Waals surface area contributed by atoms with Gasteiger partial charge in [-0.05, 0) is 116 Å². The van der Waals surface area contributed by atoms with Crippen molar-refractivity contribution in [2.75, 3.05) is 6.61 Å². The van der Waals surface area contributed by atoms with E-state index in [1.54, 1.807) is 0 Å². The quantitative estimate of drug-likeness (QED) is 0.113. The van der Waals surface area contributed by atoms with Crippen LogP contribution in [0.5, 0.6) is 5.75 Å². The minimum absolute atomic E-state index is 0.784. The molecule has 192 valence electrons. The Bertz CT molecular complexity index is 1820. The van der Waals surface area contributed by atoms with Gasteiger partial charge < -0.3 is 4.74 Å². The Hall–Kier alpha value is -4.28. The molecule has 0 heterocycles. The number of benzene rings is 6. The van der Waals surface area contributed by atoms with Crippen molar-refractivity contribution in [3.63, 3.8) is 0 Å². The van der Waals surface area contributed by atoms with E-state index >= 15 is 0 Å². The summed E-state index contributed by atoms with van der Waals surface area (Å²) < 4.78 is 5.93. The molecule has 6 rings (SSSR count). The standard InChI is InChI=1S/C38H34O/c1-2-3-4-5-6-9-21-39-37-19-16-28(17-20-37)15-18-29-13-10-14-32-24-35-25-33-22-30-11-7-8-12-31(30)23-34(33)26-36(35)27-38(29)32/h7-8,10-14,16-17,19-20,22-27H,2-6,9,21H2,1H3. The molecule has 0 aliphatic carbocycles. The molecule has 0 fully saturated rings. The van der Waals surface area contributed by atoms with Crippen LogP contribution in [-0.2, 0) is 0 Å². The van der Waals surface area contributed by atoms with Gasteiger partial charge in [0.2, 0.25) is 0 Å². The summed E-state index contributed by atoms with van der Waals surface area (Å²) in [4.78, 5) is 0. The van der Waals surface area contributed by atoms with Gasteiger partial charge in [0.25, 0.3) is 0 Å². The summed E-state index contributed by atoms with van der Waals surface area (Å²) in [5, 5.41) is 10.00. The lowest BCUT2D eigenvalue weighted by Crippen LogP contribution is -1.97. The van der Waals surface area contributed by atoms with Gasteiger partial charge in [-0.15, -0.1) is 0 Å². The fourth-order valence-electron chi connectivity index (χ4n) is 5.43. The van der Waals surface area contributed by atoms with Gasteiger partial charge in [0.1, 0.15) is 5.75 Å². The van der Waals surface area contributed by atoms with E-state index in [0.717, 1.165) is 29.9 Å². The molecular weight excluding hydrogens is 472 g/mol. The second-order valence-corrected chi connectivity index (χ2v) is 10.5. The highest BCUT2D eigenvalue weighted by atomic mass is 16.5. The number of rotatable bonds is 8. The van der Waals surface area contributed by atoms with Crippen LogP contribution in [0.15, 0.2) is 103 Å². The second-order valence-electron chi connectivity index (χ2n) is 10.5. The molecule has 0 spiro atoms. The van der Waals surface area contributed by atoms with Crippen molar-refractivity contribution in [1.82, 2.24) is 0 Å². The van der Waals surface area contributed by atoms with Crippen LogP contribution >= 0.6 is 0 Å². The van der Waals surface area contributed by atoms with Gasteiger partial charge in [-0.25, -0.2) is 0 Å². The molecule has 1 nitrogen and oxygen atoms in total. The molecule has 0 aliphatic rings. The van der Waals surface area contributed by atoms with Gasteiger partial charge in [0.15, 0.2) is 0 Å². The molecule has 0 aromatic heterocycles. The monoisotopic (exact) mass is 506 g/mol. The Morgan fingerprint density at radius 2 is 1.10 bits per heavy atom. The Balaban J connectivity index is 1.22. The van der Waals surface area contributed by atoms with Crippen LogP contribution in [-0.4, -0.2) is 6.61 Å². The normalized spacial score (nSPS) is 11.2. The van der Waals surface area contributed by atoms with E-state index in [2.05, 4.69) is 110 Å². The van der Waals surface area contributed by atoms with E-state index in [1.165, 1.54) is 75.2 Å². The highest BCUT2D eigenvalue weighted by molar-refractivity contribution is 6.08. The molecule has 0 N–H and O–H groups in total. The van der Waals surface area contributed by atoms with E-state index in [1.807, 2.05) is 12.1 Å². The lowest BCUT2D eigenvalue weighted by Gasteiger charge is -2.08. The first kappa shape index (κ1) is 25.0. The van der Waals surface area contributed by atoms with Crippen LogP contribution in [0.3, 0.4) is 0 Å². The molecular formula is C38H34O. The summed E-state index contributed by atoms with van der Waals surface area (Å²) in [6.07, 6.45) is 7.64. The molecule has 6 aromatic rings. The van der Waals surface area contributed by atoms with Crippen molar-refractivity contribution < 1.29 is 4.74 Å². The van der Waals surface area contributed by atoms with Crippen molar-refractivity contribution in [2.24, 2.45) is 0 Å². The molecule has 0 bridgehead atoms. The minimum Gasteiger partial charge on any atom is -0.494 e. The Morgan fingerprint density at radius 3 is 1.82 bits per heavy atom. The number of ether oxygens (including phenoxy) is 1. The number of hydrogen-bond acceptors (Lipinski definition) is 1. The van der Waals surface area contributed by atoms with Crippen LogP contribution in [0.4, 0.5) is 0 Å². The van der Waals surface area contributed by atoms with Crippen LogP contribution in [0, 0.1) is 11.8 Å². The second kappa shape index (κ2) is 11.6. The van der Waals surface area contributed by atoms with Crippen molar-refractivity contribution in [3.8, 4) is 17.6 Å². The van der Waals surface area contributed by atoms with Crippen LogP contribution < -0.4 is 4.74 Å². The summed E-state index contributed by atoms with van der Waals surface area (Å²) >= 11 is 0. The minimum atomic E-state index is 0.784. The van der Waals surface area contributed by atoms with Gasteiger partial charge >= 0.3 is 0 Å². The SMILES string of the molecule is CCCCCCCCOc1ccc(C#Cc2cccc3cc4cc5cc6ccccc6cc5cc4cc23)cc1. The Kier molecular flexibility index (Phi) is 7.46. The smallest absolute Gasteiger partial charge is 0.119 e. The lowest BCUT2D eigenvalue weighted by atomic mass is 9.96. The van der Waals surface area contributed by atoms with Gasteiger partial charge in [-0.3, -0.25) is 0 Å². The predicted octanol–water partition coefficient (Wildman–Crippen LogP) is 10.4. The molecule has 0 aliphatic heterocycles. The average molecular weight is 507 g/mol. The average Bonchev–Trinajstić information content (AvgIpc) is 2.97. The maximum Gasteiger partial charge on any atom is 0.119 e. The third-order valence-corrected chi connectivity index (χ3v) is 7.62. The zero-order valence-corrected chi connectivity index (χ0v) is 22.7. The van der Waals surface area contributed by atoms with Crippen LogP contribution in [0.25, 0.3) is 43.1 Å². The lowest BCUT2D eigenvalue weighted by molar-refractivity contribution is 0.304. The van der Waals surface area contributed by atoms with Gasteiger partial charge in [-0.1, -0.05) is 87.3 Å². The number of fused-ring (bicyclic) bond motifs is 4. The van der Waals surface area contributed by atoms with Crippen LogP contribution in [0.1, 0.15) is 56.6 Å². The van der Waals surface area contributed by atoms with Crippen molar-refractivity contribution in [2.45, 2.75) is 45.4 Å². The van der Waals surface area contributed by atoms with Crippen LogP contribution in [0.2, 0.25) is 0 Å².